The molecule has 68 valence electrons. The van der Waals surface area contributed by atoms with E-state index in [0.717, 1.165) is 0 Å². The molecule has 0 aliphatic carbocycles. The van der Waals surface area contributed by atoms with Crippen LogP contribution in [0, 0.1) is 0 Å². The maximum absolute atomic E-state index is 10.2. The summed E-state index contributed by atoms with van der Waals surface area (Å²) in [5.41, 5.74) is 0. The van der Waals surface area contributed by atoms with Gasteiger partial charge in [0.25, 0.3) is 0 Å². The van der Waals surface area contributed by atoms with Gasteiger partial charge in [0.15, 0.2) is 4.91 Å². The number of hydrogen-bond acceptors (Lipinski definition) is 4. The van der Waals surface area contributed by atoms with E-state index in [9.17, 15) is 18.0 Å². The molecule has 0 bridgehead atoms. The number of aliphatic carboxylic acids is 2. The van der Waals surface area contributed by atoms with E-state index in [2.05, 4.69) is 0 Å². The van der Waals surface area contributed by atoms with Crippen molar-refractivity contribution in [3.05, 3.63) is 11.0 Å². The second-order valence-corrected chi connectivity index (χ2v) is 3.02. The van der Waals surface area contributed by atoms with Gasteiger partial charge in [0.2, 0.25) is 0 Å². The van der Waals surface area contributed by atoms with Crippen molar-refractivity contribution in [2.75, 3.05) is 0 Å². The molecule has 3 N–H and O–H groups in total. The molecule has 0 spiro atoms. The van der Waals surface area contributed by atoms with Crippen LogP contribution in [-0.4, -0.2) is 35.1 Å². The Labute approximate surface area is 66.7 Å². The van der Waals surface area contributed by atoms with E-state index in [0.29, 0.717) is 0 Å². The molecule has 0 atom stereocenters. The van der Waals surface area contributed by atoms with Crippen molar-refractivity contribution in [2.24, 2.45) is 0 Å². The molecule has 0 unspecified atom stereocenters. The molecule has 0 aromatic carbocycles. The zero-order chi connectivity index (χ0) is 9.94. The molecule has 8 heteroatoms. The summed E-state index contributed by atoms with van der Waals surface area (Å²) in [6.45, 7) is 0. The number of carboxylic acid groups (broad SMARTS) is 2. The van der Waals surface area contributed by atoms with Crippen molar-refractivity contribution in [1.82, 2.24) is 0 Å². The summed E-state index contributed by atoms with van der Waals surface area (Å²) >= 11 is 0. The fraction of sp³-hybridized carbons (Fsp3) is 0. The van der Waals surface area contributed by atoms with Crippen molar-refractivity contribution in [1.29, 1.82) is 0 Å². The molecule has 0 aromatic heterocycles. The number of hydrogen-bond donors (Lipinski definition) is 3. The van der Waals surface area contributed by atoms with Gasteiger partial charge in [-0.05, 0) is 0 Å². The van der Waals surface area contributed by atoms with Gasteiger partial charge in [-0.15, -0.1) is 0 Å². The molecule has 0 rings (SSSR count). The van der Waals surface area contributed by atoms with Crippen molar-refractivity contribution in [3.8, 4) is 0 Å². The summed E-state index contributed by atoms with van der Waals surface area (Å²) in [5.74, 6) is -3.80. The lowest BCUT2D eigenvalue weighted by molar-refractivity contribution is -0.134. The van der Waals surface area contributed by atoms with E-state index in [-0.39, 0.29) is 6.08 Å². The third kappa shape index (κ3) is 3.12. The van der Waals surface area contributed by atoms with E-state index < -0.39 is 27.0 Å². The molecule has 0 amide bonds. The smallest absolute Gasteiger partial charge is 0.350 e. The van der Waals surface area contributed by atoms with Gasteiger partial charge in [-0.3, -0.25) is 4.55 Å². The van der Waals surface area contributed by atoms with Crippen LogP contribution in [0.1, 0.15) is 0 Å². The van der Waals surface area contributed by atoms with Crippen LogP contribution in [0.5, 0.6) is 0 Å². The minimum absolute atomic E-state index is 0.113. The summed E-state index contributed by atoms with van der Waals surface area (Å²) < 4.78 is 28.5. The topological polar surface area (TPSA) is 129 Å². The molecule has 0 fully saturated rings. The molecule has 0 aliphatic rings. The monoisotopic (exact) mass is 196 g/mol. The lowest BCUT2D eigenvalue weighted by atomic mass is 10.5. The van der Waals surface area contributed by atoms with Crippen LogP contribution >= 0.6 is 0 Å². The number of carbonyl (C=O) groups is 2. The van der Waals surface area contributed by atoms with Gasteiger partial charge in [-0.2, -0.15) is 8.42 Å². The third-order valence-corrected chi connectivity index (χ3v) is 1.59. The molecule has 0 radical (unpaired) electrons. The first kappa shape index (κ1) is 10.6. The Bertz CT molecular complexity index is 334. The fourth-order valence-corrected chi connectivity index (χ4v) is 0.829. The molecular weight excluding hydrogens is 192 g/mol. The maximum atomic E-state index is 10.2. The first-order valence-electron chi connectivity index (χ1n) is 2.40. The van der Waals surface area contributed by atoms with Crippen LogP contribution in [0.25, 0.3) is 0 Å². The predicted molar refractivity (Wildman–Crippen MR) is 34.9 cm³/mol. The zero-order valence-electron chi connectivity index (χ0n) is 5.46. The average molecular weight is 196 g/mol. The van der Waals surface area contributed by atoms with E-state index >= 15 is 0 Å². The minimum atomic E-state index is -4.98. The highest BCUT2D eigenvalue weighted by atomic mass is 32.2. The molecule has 0 heterocycles. The highest BCUT2D eigenvalue weighted by molar-refractivity contribution is 7.90. The largest absolute Gasteiger partial charge is 0.478 e. The molecule has 12 heavy (non-hydrogen) atoms. The van der Waals surface area contributed by atoms with Gasteiger partial charge in [-0.25, -0.2) is 9.59 Å². The molecule has 0 aliphatic heterocycles. The van der Waals surface area contributed by atoms with E-state index in [1.165, 1.54) is 0 Å². The van der Waals surface area contributed by atoms with Gasteiger partial charge in [-0.1, -0.05) is 0 Å². The van der Waals surface area contributed by atoms with Crippen LogP contribution in [0.15, 0.2) is 11.0 Å². The van der Waals surface area contributed by atoms with Gasteiger partial charge in [0.1, 0.15) is 0 Å². The average Bonchev–Trinajstić information content (AvgIpc) is 1.79. The Morgan fingerprint density at radius 1 is 1.17 bits per heavy atom. The van der Waals surface area contributed by atoms with Gasteiger partial charge in [0, 0.05) is 0 Å². The van der Waals surface area contributed by atoms with E-state index in [1.807, 2.05) is 0 Å². The highest BCUT2D eigenvalue weighted by Crippen LogP contribution is 2.03. The van der Waals surface area contributed by atoms with Crippen LogP contribution in [-0.2, 0) is 19.7 Å². The van der Waals surface area contributed by atoms with E-state index in [4.69, 9.17) is 14.8 Å². The third-order valence-electron chi connectivity index (χ3n) is 0.743. The first-order chi connectivity index (χ1) is 5.25. The quantitative estimate of drug-likeness (QED) is 0.387. The van der Waals surface area contributed by atoms with Gasteiger partial charge in [0.05, 0.1) is 6.08 Å². The Morgan fingerprint density at radius 3 is 1.67 bits per heavy atom. The van der Waals surface area contributed by atoms with Crippen molar-refractivity contribution in [3.63, 3.8) is 0 Å². The summed E-state index contributed by atoms with van der Waals surface area (Å²) in [5, 5.41) is 16.1. The number of carboxylic acids is 2. The minimum Gasteiger partial charge on any atom is -0.478 e. The highest BCUT2D eigenvalue weighted by Gasteiger charge is 2.22. The standard InChI is InChI=1S/C4H4O7S/c5-3(6)1-2(4(7)8)12(9,10)11/h1H,(H,5,6)(H,7,8)(H,9,10,11)/b2-1-. The fourth-order valence-electron chi connectivity index (χ4n) is 0.359. The molecule has 0 saturated heterocycles. The van der Waals surface area contributed by atoms with Crippen molar-refractivity contribution >= 4 is 22.1 Å². The second-order valence-electron chi connectivity index (χ2n) is 1.63. The Kier molecular flexibility index (Phi) is 2.93. The second kappa shape index (κ2) is 3.32. The summed E-state index contributed by atoms with van der Waals surface area (Å²) in [6, 6.07) is 0. The van der Waals surface area contributed by atoms with E-state index in [1.54, 1.807) is 0 Å². The summed E-state index contributed by atoms with van der Waals surface area (Å²) in [4.78, 5) is 18.3. The van der Waals surface area contributed by atoms with Crippen LogP contribution in [0.4, 0.5) is 0 Å². The lowest BCUT2D eigenvalue weighted by Gasteiger charge is -1.94. The Hall–Kier alpha value is -1.41. The summed E-state index contributed by atoms with van der Waals surface area (Å²) in [7, 11) is -4.98. The lowest BCUT2D eigenvalue weighted by Crippen LogP contribution is -2.13. The van der Waals surface area contributed by atoms with Crippen molar-refractivity contribution < 1.29 is 32.8 Å². The van der Waals surface area contributed by atoms with Crippen LogP contribution in [0.2, 0.25) is 0 Å². The molecule has 0 aromatic rings. The normalized spacial score (nSPS) is 12.6. The van der Waals surface area contributed by atoms with Gasteiger partial charge < -0.3 is 10.2 Å². The van der Waals surface area contributed by atoms with Crippen LogP contribution < -0.4 is 0 Å². The SMILES string of the molecule is O=C(O)/C=C(/C(=O)O)S(=O)(=O)O. The van der Waals surface area contributed by atoms with Gasteiger partial charge >= 0.3 is 22.1 Å². The summed E-state index contributed by atoms with van der Waals surface area (Å²) in [6.07, 6.45) is -0.113. The number of rotatable bonds is 3. The Balaban J connectivity index is 5.23. The molecule has 7 nitrogen and oxygen atoms in total. The predicted octanol–water partition coefficient (Wildman–Crippen LogP) is -1.07. The Morgan fingerprint density at radius 2 is 1.58 bits per heavy atom. The van der Waals surface area contributed by atoms with Crippen LogP contribution in [0.3, 0.4) is 0 Å². The molecule has 0 saturated carbocycles. The molecular formula is C4H4O7S. The first-order valence-corrected chi connectivity index (χ1v) is 3.84. The van der Waals surface area contributed by atoms with Crippen molar-refractivity contribution in [2.45, 2.75) is 0 Å². The maximum Gasteiger partial charge on any atom is 0.350 e. The zero-order valence-corrected chi connectivity index (χ0v) is 6.28.